The zero-order valence-electron chi connectivity index (χ0n) is 17.0. The summed E-state index contributed by atoms with van der Waals surface area (Å²) in [5.74, 6) is -0.296. The average Bonchev–Trinajstić information content (AvgIpc) is 2.81. The van der Waals surface area contributed by atoms with E-state index in [9.17, 15) is 9.59 Å². The Balaban J connectivity index is 1.61. The number of carbonyl (C=O) groups is 1. The maximum absolute atomic E-state index is 13.1. The maximum atomic E-state index is 13.1. The minimum atomic E-state index is -0.296. The third-order valence-electron chi connectivity index (χ3n) is 5.39. The molecule has 0 radical (unpaired) electrons. The highest BCUT2D eigenvalue weighted by Gasteiger charge is 2.24. The second-order valence-corrected chi connectivity index (χ2v) is 7.18. The van der Waals surface area contributed by atoms with Crippen molar-refractivity contribution in [2.24, 2.45) is 0 Å². The van der Waals surface area contributed by atoms with Gasteiger partial charge in [0.2, 0.25) is 0 Å². The molecule has 8 nitrogen and oxygen atoms in total. The Morgan fingerprint density at radius 1 is 1.17 bits per heavy atom. The third-order valence-corrected chi connectivity index (χ3v) is 5.39. The number of nitrogens with zero attached hydrogens (tertiary/aromatic N) is 4. The lowest BCUT2D eigenvalue weighted by molar-refractivity contribution is 0.0161. The number of amides is 1. The van der Waals surface area contributed by atoms with Crippen molar-refractivity contribution in [3.63, 3.8) is 0 Å². The van der Waals surface area contributed by atoms with Gasteiger partial charge in [-0.1, -0.05) is 24.3 Å². The van der Waals surface area contributed by atoms with Gasteiger partial charge >= 0.3 is 0 Å². The van der Waals surface area contributed by atoms with E-state index < -0.39 is 0 Å². The molecular formula is C22H25N5O3. The molecule has 0 unspecified atom stereocenters. The van der Waals surface area contributed by atoms with Crippen LogP contribution in [0.4, 0.5) is 0 Å². The number of rotatable bonds is 6. The van der Waals surface area contributed by atoms with Crippen molar-refractivity contribution in [1.29, 1.82) is 0 Å². The molecule has 0 saturated carbocycles. The Morgan fingerprint density at radius 2 is 1.93 bits per heavy atom. The Hall–Kier alpha value is -3.10. The van der Waals surface area contributed by atoms with Crippen molar-refractivity contribution in [1.82, 2.24) is 25.0 Å². The minimum Gasteiger partial charge on any atom is -0.379 e. The standard InChI is InChI=1S/C22H25N5O3/c1-2-27-22(29)18-8-4-3-7-17(18)20(25-27)21(28)24-15-19(16-6-5-9-23-14-16)26-10-12-30-13-11-26/h3-9,14,19H,2,10-13,15H2,1H3,(H,24,28)/t19-/m1/s1. The van der Waals surface area contributed by atoms with Gasteiger partial charge in [-0.2, -0.15) is 5.10 Å². The summed E-state index contributed by atoms with van der Waals surface area (Å²) in [6.07, 6.45) is 3.57. The van der Waals surface area contributed by atoms with Gasteiger partial charge in [0.25, 0.3) is 11.5 Å². The number of pyridine rings is 1. The number of aromatic nitrogens is 3. The van der Waals surface area contributed by atoms with Crippen LogP contribution in [0.1, 0.15) is 29.0 Å². The van der Waals surface area contributed by atoms with E-state index in [1.807, 2.05) is 31.3 Å². The van der Waals surface area contributed by atoms with Crippen LogP contribution in [0.5, 0.6) is 0 Å². The lowest BCUT2D eigenvalue weighted by Crippen LogP contribution is -2.44. The van der Waals surface area contributed by atoms with Crippen LogP contribution in [-0.4, -0.2) is 58.4 Å². The molecule has 1 saturated heterocycles. The monoisotopic (exact) mass is 407 g/mol. The van der Waals surface area contributed by atoms with Crippen LogP contribution in [0, 0.1) is 0 Å². The number of aryl methyl sites for hydroxylation is 1. The van der Waals surface area contributed by atoms with E-state index in [4.69, 9.17) is 4.74 Å². The summed E-state index contributed by atoms with van der Waals surface area (Å²) in [7, 11) is 0. The number of hydrogen-bond acceptors (Lipinski definition) is 6. The number of morpholine rings is 1. The van der Waals surface area contributed by atoms with Crippen LogP contribution in [0.15, 0.2) is 53.6 Å². The Labute approximate surface area is 174 Å². The molecule has 0 spiro atoms. The van der Waals surface area contributed by atoms with Crippen LogP contribution in [0.25, 0.3) is 10.8 Å². The van der Waals surface area contributed by atoms with Crippen molar-refractivity contribution in [3.05, 3.63) is 70.4 Å². The number of benzene rings is 1. The van der Waals surface area contributed by atoms with Crippen molar-refractivity contribution in [2.45, 2.75) is 19.5 Å². The minimum absolute atomic E-state index is 0.0186. The molecule has 0 aliphatic carbocycles. The summed E-state index contributed by atoms with van der Waals surface area (Å²) in [5.41, 5.74) is 1.11. The highest BCUT2D eigenvalue weighted by Crippen LogP contribution is 2.21. The van der Waals surface area contributed by atoms with E-state index in [1.54, 1.807) is 24.4 Å². The largest absolute Gasteiger partial charge is 0.379 e. The van der Waals surface area contributed by atoms with Gasteiger partial charge in [-0.25, -0.2) is 4.68 Å². The first kappa shape index (κ1) is 20.2. The van der Waals surface area contributed by atoms with Crippen molar-refractivity contribution < 1.29 is 9.53 Å². The first-order valence-electron chi connectivity index (χ1n) is 10.2. The molecular weight excluding hydrogens is 382 g/mol. The first-order valence-corrected chi connectivity index (χ1v) is 10.2. The highest BCUT2D eigenvalue weighted by molar-refractivity contribution is 6.04. The number of ether oxygens (including phenoxy) is 1. The van der Waals surface area contributed by atoms with E-state index in [-0.39, 0.29) is 23.2 Å². The highest BCUT2D eigenvalue weighted by atomic mass is 16.5. The van der Waals surface area contributed by atoms with Crippen LogP contribution in [-0.2, 0) is 11.3 Å². The number of carbonyl (C=O) groups excluding carboxylic acids is 1. The Kier molecular flexibility index (Phi) is 6.15. The fourth-order valence-electron chi connectivity index (χ4n) is 3.81. The lowest BCUT2D eigenvalue weighted by atomic mass is 10.1. The summed E-state index contributed by atoms with van der Waals surface area (Å²) >= 11 is 0. The molecule has 1 atom stereocenters. The van der Waals surface area contributed by atoms with Crippen LogP contribution in [0.2, 0.25) is 0 Å². The fourth-order valence-corrected chi connectivity index (χ4v) is 3.81. The molecule has 8 heteroatoms. The summed E-state index contributed by atoms with van der Waals surface area (Å²) in [4.78, 5) is 32.2. The molecule has 3 heterocycles. The Bertz CT molecular complexity index is 1080. The first-order chi connectivity index (χ1) is 14.7. The predicted octanol–water partition coefficient (Wildman–Crippen LogP) is 1.61. The van der Waals surface area contributed by atoms with Gasteiger partial charge in [0, 0.05) is 44.0 Å². The normalized spacial score (nSPS) is 15.8. The zero-order valence-corrected chi connectivity index (χ0v) is 17.0. The average molecular weight is 407 g/mol. The molecule has 1 amide bonds. The van der Waals surface area contributed by atoms with Crippen LogP contribution < -0.4 is 10.9 Å². The second kappa shape index (κ2) is 9.15. The van der Waals surface area contributed by atoms with Crippen molar-refractivity contribution in [2.75, 3.05) is 32.8 Å². The van der Waals surface area contributed by atoms with Gasteiger partial charge in [0.15, 0.2) is 5.69 Å². The quantitative estimate of drug-likeness (QED) is 0.668. The molecule has 3 aromatic rings. The number of hydrogen-bond donors (Lipinski definition) is 1. The van der Waals surface area contributed by atoms with E-state index in [1.165, 1.54) is 4.68 Å². The fraction of sp³-hybridized carbons (Fsp3) is 0.364. The Morgan fingerprint density at radius 3 is 2.63 bits per heavy atom. The van der Waals surface area contributed by atoms with Crippen LogP contribution in [0.3, 0.4) is 0 Å². The van der Waals surface area contributed by atoms with Gasteiger partial charge < -0.3 is 10.1 Å². The molecule has 1 fully saturated rings. The van der Waals surface area contributed by atoms with E-state index >= 15 is 0 Å². The van der Waals surface area contributed by atoms with Gasteiger partial charge in [-0.15, -0.1) is 0 Å². The maximum Gasteiger partial charge on any atom is 0.274 e. The smallest absolute Gasteiger partial charge is 0.274 e. The van der Waals surface area contributed by atoms with E-state index in [0.29, 0.717) is 37.1 Å². The molecule has 1 aliphatic rings. The summed E-state index contributed by atoms with van der Waals surface area (Å²) < 4.78 is 6.81. The summed E-state index contributed by atoms with van der Waals surface area (Å²) in [6, 6.07) is 11.0. The molecule has 1 N–H and O–H groups in total. The second-order valence-electron chi connectivity index (χ2n) is 7.18. The molecule has 0 bridgehead atoms. The van der Waals surface area contributed by atoms with Gasteiger partial charge in [0.05, 0.1) is 24.6 Å². The van der Waals surface area contributed by atoms with E-state index in [0.717, 1.165) is 18.7 Å². The number of nitrogens with one attached hydrogen (secondary N) is 1. The molecule has 156 valence electrons. The number of fused-ring (bicyclic) bond motifs is 1. The lowest BCUT2D eigenvalue weighted by Gasteiger charge is -2.34. The van der Waals surface area contributed by atoms with Crippen LogP contribution >= 0.6 is 0 Å². The topological polar surface area (TPSA) is 89.3 Å². The zero-order chi connectivity index (χ0) is 20.9. The molecule has 4 rings (SSSR count). The third kappa shape index (κ3) is 4.10. The summed E-state index contributed by atoms with van der Waals surface area (Å²) in [5, 5.41) is 8.42. The summed E-state index contributed by atoms with van der Waals surface area (Å²) in [6.45, 7) is 5.55. The molecule has 1 aliphatic heterocycles. The van der Waals surface area contributed by atoms with Gasteiger partial charge in [-0.05, 0) is 24.6 Å². The molecule has 30 heavy (non-hydrogen) atoms. The van der Waals surface area contributed by atoms with Crippen molar-refractivity contribution in [3.8, 4) is 0 Å². The van der Waals surface area contributed by atoms with Gasteiger partial charge in [0.1, 0.15) is 0 Å². The van der Waals surface area contributed by atoms with Crippen molar-refractivity contribution >= 4 is 16.7 Å². The van der Waals surface area contributed by atoms with Gasteiger partial charge in [-0.3, -0.25) is 19.5 Å². The molecule has 2 aromatic heterocycles. The molecule has 1 aromatic carbocycles. The van der Waals surface area contributed by atoms with E-state index in [2.05, 4.69) is 20.3 Å². The predicted molar refractivity (Wildman–Crippen MR) is 113 cm³/mol. The SMILES string of the molecule is CCn1nc(C(=O)NC[C@H](c2cccnc2)N2CCOCC2)c2ccccc2c1=O.